The van der Waals surface area contributed by atoms with Crippen molar-refractivity contribution in [1.29, 1.82) is 0 Å². The predicted molar refractivity (Wildman–Crippen MR) is 47.5 cm³/mol. The van der Waals surface area contributed by atoms with Gasteiger partial charge in [0.2, 0.25) is 5.89 Å². The molecule has 0 amide bonds. The molecule has 0 spiro atoms. The van der Waals surface area contributed by atoms with Crippen molar-refractivity contribution in [2.75, 3.05) is 0 Å². The average molecular weight is 198 g/mol. The first-order valence-electron chi connectivity index (χ1n) is 4.22. The number of nitrogens with zero attached hydrogens (tertiary/aromatic N) is 2. The summed E-state index contributed by atoms with van der Waals surface area (Å²) in [5.41, 5.74) is 0. The number of hydrogen-bond donors (Lipinski definition) is 0. The van der Waals surface area contributed by atoms with E-state index in [9.17, 15) is 4.79 Å². The van der Waals surface area contributed by atoms with Crippen LogP contribution in [0.1, 0.15) is 25.2 Å². The van der Waals surface area contributed by atoms with Crippen molar-refractivity contribution in [2.24, 2.45) is 0 Å². The Balaban J connectivity index is 1.95. The van der Waals surface area contributed by atoms with Crippen molar-refractivity contribution in [1.82, 2.24) is 10.2 Å². The van der Waals surface area contributed by atoms with E-state index >= 15 is 0 Å². The van der Waals surface area contributed by atoms with Crippen molar-refractivity contribution in [3.8, 4) is 0 Å². The molecule has 2 rings (SSSR count). The summed E-state index contributed by atoms with van der Waals surface area (Å²) in [5, 5.41) is 8.52. The molecule has 1 aliphatic rings. The van der Waals surface area contributed by atoms with Crippen molar-refractivity contribution in [3.63, 3.8) is 0 Å². The maximum Gasteiger partial charge on any atom is 0.276 e. The molecular formula is C8H10N2O2S. The molecule has 1 aromatic heterocycles. The van der Waals surface area contributed by atoms with Crippen molar-refractivity contribution < 1.29 is 9.21 Å². The van der Waals surface area contributed by atoms with E-state index in [4.69, 9.17) is 4.42 Å². The summed E-state index contributed by atoms with van der Waals surface area (Å²) in [5.74, 6) is 0.917. The topological polar surface area (TPSA) is 56.0 Å². The lowest BCUT2D eigenvalue weighted by molar-refractivity contribution is -0.117. The molecule has 0 saturated heterocycles. The van der Waals surface area contributed by atoms with Crippen LogP contribution in [0, 0.1) is 6.92 Å². The fourth-order valence-electron chi connectivity index (χ4n) is 1.35. The van der Waals surface area contributed by atoms with E-state index in [1.807, 2.05) is 0 Å². The zero-order chi connectivity index (χ0) is 9.26. The van der Waals surface area contributed by atoms with Gasteiger partial charge in [0.25, 0.3) is 5.22 Å². The molecule has 0 bridgehead atoms. The molecular weight excluding hydrogens is 188 g/mol. The number of aromatic nitrogens is 2. The number of carbonyl (C=O) groups is 1. The zero-order valence-corrected chi connectivity index (χ0v) is 8.13. The van der Waals surface area contributed by atoms with Gasteiger partial charge in [0.05, 0.1) is 0 Å². The summed E-state index contributed by atoms with van der Waals surface area (Å²) in [7, 11) is 0. The van der Waals surface area contributed by atoms with Crippen LogP contribution in [0.25, 0.3) is 0 Å². The molecule has 70 valence electrons. The second-order valence-corrected chi connectivity index (χ2v) is 4.36. The molecule has 1 saturated carbocycles. The van der Waals surface area contributed by atoms with Crippen LogP contribution in [0.4, 0.5) is 0 Å². The molecule has 1 aliphatic carbocycles. The number of rotatable bonds is 2. The Hall–Kier alpha value is -0.840. The SMILES string of the molecule is Cc1nnc(SC2CCC(=O)C2)o1. The monoisotopic (exact) mass is 198 g/mol. The van der Waals surface area contributed by atoms with Gasteiger partial charge in [-0.15, -0.1) is 10.2 Å². The van der Waals surface area contributed by atoms with E-state index < -0.39 is 0 Å². The second kappa shape index (κ2) is 3.49. The first-order chi connectivity index (χ1) is 6.24. The molecule has 0 radical (unpaired) electrons. The first-order valence-corrected chi connectivity index (χ1v) is 5.10. The summed E-state index contributed by atoms with van der Waals surface area (Å²) >= 11 is 1.51. The van der Waals surface area contributed by atoms with Gasteiger partial charge in [-0.1, -0.05) is 11.8 Å². The number of carbonyl (C=O) groups excluding carboxylic acids is 1. The number of thioether (sulfide) groups is 1. The van der Waals surface area contributed by atoms with Gasteiger partial charge in [-0.2, -0.15) is 0 Å². The molecule has 1 heterocycles. The molecule has 0 aromatic carbocycles. The summed E-state index contributed by atoms with van der Waals surface area (Å²) in [6, 6.07) is 0. The third-order valence-electron chi connectivity index (χ3n) is 1.98. The molecule has 5 heteroatoms. The van der Waals surface area contributed by atoms with Crippen LogP contribution < -0.4 is 0 Å². The van der Waals surface area contributed by atoms with E-state index in [1.54, 1.807) is 6.92 Å². The molecule has 13 heavy (non-hydrogen) atoms. The molecule has 0 N–H and O–H groups in total. The largest absolute Gasteiger partial charge is 0.416 e. The van der Waals surface area contributed by atoms with Crippen LogP contribution in [-0.4, -0.2) is 21.2 Å². The van der Waals surface area contributed by atoms with Crippen LogP contribution in [0.15, 0.2) is 9.64 Å². The Morgan fingerprint density at radius 1 is 1.54 bits per heavy atom. The highest BCUT2D eigenvalue weighted by atomic mass is 32.2. The fraction of sp³-hybridized carbons (Fsp3) is 0.625. The lowest BCUT2D eigenvalue weighted by atomic mass is 10.4. The third kappa shape index (κ3) is 2.09. The Morgan fingerprint density at radius 2 is 2.38 bits per heavy atom. The highest BCUT2D eigenvalue weighted by Crippen LogP contribution is 2.32. The summed E-state index contributed by atoms with van der Waals surface area (Å²) in [6.07, 6.45) is 2.28. The molecule has 1 aromatic rings. The van der Waals surface area contributed by atoms with E-state index in [2.05, 4.69) is 10.2 Å². The maximum absolute atomic E-state index is 11.0. The van der Waals surface area contributed by atoms with Gasteiger partial charge in [-0.25, -0.2) is 0 Å². The summed E-state index contributed by atoms with van der Waals surface area (Å²) < 4.78 is 5.21. The van der Waals surface area contributed by atoms with Crippen molar-refractivity contribution in [2.45, 2.75) is 36.7 Å². The molecule has 1 fully saturated rings. The predicted octanol–water partition coefficient (Wildman–Crippen LogP) is 1.59. The van der Waals surface area contributed by atoms with Crippen LogP contribution in [0.2, 0.25) is 0 Å². The Morgan fingerprint density at radius 3 is 2.92 bits per heavy atom. The van der Waals surface area contributed by atoms with E-state index in [1.165, 1.54) is 11.8 Å². The molecule has 1 unspecified atom stereocenters. The second-order valence-electron chi connectivity index (χ2n) is 3.11. The van der Waals surface area contributed by atoms with Crippen LogP contribution >= 0.6 is 11.8 Å². The lowest BCUT2D eigenvalue weighted by Crippen LogP contribution is -1.95. The number of aryl methyl sites for hydroxylation is 1. The third-order valence-corrected chi connectivity index (χ3v) is 3.08. The fourth-order valence-corrected chi connectivity index (χ4v) is 2.40. The van der Waals surface area contributed by atoms with Crippen molar-refractivity contribution >= 4 is 17.5 Å². The van der Waals surface area contributed by atoms with Gasteiger partial charge in [0, 0.05) is 25.0 Å². The van der Waals surface area contributed by atoms with E-state index in [0.717, 1.165) is 6.42 Å². The van der Waals surface area contributed by atoms with Gasteiger partial charge in [0.1, 0.15) is 5.78 Å². The number of hydrogen-bond acceptors (Lipinski definition) is 5. The minimum absolute atomic E-state index is 0.340. The van der Waals surface area contributed by atoms with E-state index in [-0.39, 0.29) is 0 Å². The minimum atomic E-state index is 0.340. The standard InChI is InChI=1S/C8H10N2O2S/c1-5-9-10-8(12-5)13-7-3-2-6(11)4-7/h7H,2-4H2,1H3. The highest BCUT2D eigenvalue weighted by Gasteiger charge is 2.24. The van der Waals surface area contributed by atoms with Crippen LogP contribution in [-0.2, 0) is 4.79 Å². The van der Waals surface area contributed by atoms with Gasteiger partial charge in [-0.3, -0.25) is 4.79 Å². The quantitative estimate of drug-likeness (QED) is 0.722. The van der Waals surface area contributed by atoms with Crippen molar-refractivity contribution in [3.05, 3.63) is 5.89 Å². The van der Waals surface area contributed by atoms with Gasteiger partial charge >= 0.3 is 0 Å². The molecule has 0 aliphatic heterocycles. The van der Waals surface area contributed by atoms with Crippen LogP contribution in [0.3, 0.4) is 0 Å². The van der Waals surface area contributed by atoms with Gasteiger partial charge in [0.15, 0.2) is 0 Å². The normalized spacial score (nSPS) is 22.5. The van der Waals surface area contributed by atoms with E-state index in [0.29, 0.717) is 35.0 Å². The Kier molecular flexibility index (Phi) is 2.35. The first kappa shape index (κ1) is 8.74. The van der Waals surface area contributed by atoms with Crippen LogP contribution in [0.5, 0.6) is 0 Å². The molecule has 4 nitrogen and oxygen atoms in total. The van der Waals surface area contributed by atoms with Gasteiger partial charge in [-0.05, 0) is 6.42 Å². The average Bonchev–Trinajstić information content (AvgIpc) is 2.62. The Bertz CT molecular complexity index is 324. The summed E-state index contributed by atoms with van der Waals surface area (Å²) in [4.78, 5) is 11.0. The minimum Gasteiger partial charge on any atom is -0.416 e. The molecule has 1 atom stereocenters. The lowest BCUT2D eigenvalue weighted by Gasteiger charge is -2.01. The Labute approximate surface area is 80.1 Å². The highest BCUT2D eigenvalue weighted by molar-refractivity contribution is 7.99. The summed E-state index contributed by atoms with van der Waals surface area (Å²) in [6.45, 7) is 1.76. The number of ketones is 1. The maximum atomic E-state index is 11.0. The van der Waals surface area contributed by atoms with Gasteiger partial charge < -0.3 is 4.42 Å². The zero-order valence-electron chi connectivity index (χ0n) is 7.32. The number of Topliss-reactive ketones (excluding diaryl/α,β-unsaturated/α-hetero) is 1. The smallest absolute Gasteiger partial charge is 0.276 e.